The van der Waals surface area contributed by atoms with Crippen molar-refractivity contribution in [3.05, 3.63) is 15.8 Å². The lowest BCUT2D eigenvalue weighted by Crippen LogP contribution is -1.69. The molecular weight excluding hydrogens is 249 g/mol. The number of thiophene rings is 2. The monoisotopic (exact) mass is 256 g/mol. The van der Waals surface area contributed by atoms with Crippen LogP contribution >= 0.6 is 33.9 Å². The van der Waals surface area contributed by atoms with Crippen molar-refractivity contribution in [2.75, 3.05) is 0 Å². The third-order valence-corrected chi connectivity index (χ3v) is 5.55. The molecule has 0 aliphatic heterocycles. The Morgan fingerprint density at radius 3 is 2.21 bits per heavy atom. The fourth-order valence-electron chi connectivity index (χ4n) is 1.34. The lowest BCUT2D eigenvalue weighted by atomic mass is 10.3. The number of aryl methyl sites for hydroxylation is 2. The van der Waals surface area contributed by atoms with Crippen molar-refractivity contribution in [1.29, 1.82) is 0 Å². The van der Waals surface area contributed by atoms with Gasteiger partial charge in [-0.25, -0.2) is 0 Å². The topological polar surface area (TPSA) is 0 Å². The summed E-state index contributed by atoms with van der Waals surface area (Å²) in [7, 11) is 0. The normalized spacial score (nSPS) is 13.8. The van der Waals surface area contributed by atoms with Crippen LogP contribution in [0.15, 0.2) is 10.3 Å². The number of halogens is 3. The molecule has 0 aliphatic carbocycles. The molecule has 0 saturated heterocycles. The second kappa shape index (κ2) is 3.15. The van der Waals surface area contributed by atoms with Crippen LogP contribution in [0.2, 0.25) is 0 Å². The minimum absolute atomic E-state index is 0.415. The van der Waals surface area contributed by atoms with Crippen molar-refractivity contribution in [3.63, 3.8) is 0 Å². The van der Waals surface area contributed by atoms with Crippen molar-refractivity contribution >= 4 is 43.9 Å². The van der Waals surface area contributed by atoms with Crippen LogP contribution in [0.25, 0.3) is 10.1 Å². The van der Waals surface area contributed by atoms with Gasteiger partial charge in [-0.3, -0.25) is 0 Å². The van der Waals surface area contributed by atoms with Gasteiger partial charge in [-0.2, -0.15) is 0 Å². The van der Waals surface area contributed by atoms with E-state index in [2.05, 4.69) is 0 Å². The zero-order chi connectivity index (χ0) is 10.5. The first-order valence-electron chi connectivity index (χ1n) is 3.81. The van der Waals surface area contributed by atoms with Gasteiger partial charge in [-0.05, 0) is 19.9 Å². The Hall–Kier alpha value is -0.200. The van der Waals surface area contributed by atoms with Gasteiger partial charge >= 0.3 is 0 Å². The third-order valence-electron chi connectivity index (χ3n) is 1.94. The molecule has 0 bridgehead atoms. The summed E-state index contributed by atoms with van der Waals surface area (Å²) >= 11 is -2.61. The number of rotatable bonds is 1. The van der Waals surface area contributed by atoms with E-state index in [0.29, 0.717) is 0 Å². The quantitative estimate of drug-likeness (QED) is 0.641. The van der Waals surface area contributed by atoms with E-state index >= 15 is 0 Å². The zero-order valence-corrected chi connectivity index (χ0v) is 9.89. The molecule has 0 aromatic carbocycles. The minimum atomic E-state index is -5.04. The van der Waals surface area contributed by atoms with E-state index in [4.69, 9.17) is 0 Å². The van der Waals surface area contributed by atoms with Gasteiger partial charge in [-0.15, -0.1) is 34.3 Å². The molecule has 0 spiro atoms. The highest BCUT2D eigenvalue weighted by Crippen LogP contribution is 2.64. The minimum Gasteiger partial charge on any atom is -0.144 e. The first kappa shape index (κ1) is 10.3. The van der Waals surface area contributed by atoms with Crippen molar-refractivity contribution in [3.8, 4) is 0 Å². The van der Waals surface area contributed by atoms with Gasteiger partial charge in [0.05, 0.1) is 0 Å². The molecule has 0 aliphatic rings. The van der Waals surface area contributed by atoms with Crippen LogP contribution in [-0.2, 0) is 0 Å². The molecule has 2 aromatic rings. The fraction of sp³-hybridized carbons (Fsp3) is 0.250. The van der Waals surface area contributed by atoms with Crippen LogP contribution < -0.4 is 0 Å². The summed E-state index contributed by atoms with van der Waals surface area (Å²) in [5.74, 6) is 0. The predicted molar refractivity (Wildman–Crippen MR) is 58.4 cm³/mol. The fourth-order valence-corrected chi connectivity index (χ4v) is 4.31. The Kier molecular flexibility index (Phi) is 2.32. The molecule has 2 heterocycles. The highest BCUT2D eigenvalue weighted by molar-refractivity contribution is 8.22. The van der Waals surface area contributed by atoms with Crippen molar-refractivity contribution in [2.24, 2.45) is 0 Å². The summed E-state index contributed by atoms with van der Waals surface area (Å²) in [6, 6.07) is 1.29. The van der Waals surface area contributed by atoms with Gasteiger partial charge in [0, 0.05) is 19.8 Å². The summed E-state index contributed by atoms with van der Waals surface area (Å²) in [6.45, 7) is 3.73. The lowest BCUT2D eigenvalue weighted by Gasteiger charge is -2.04. The van der Waals surface area contributed by atoms with Crippen molar-refractivity contribution in [2.45, 2.75) is 18.1 Å². The summed E-state index contributed by atoms with van der Waals surface area (Å²) in [5.41, 5.74) is 0. The van der Waals surface area contributed by atoms with Crippen LogP contribution in [0.4, 0.5) is 11.7 Å². The first-order valence-corrected chi connectivity index (χ1v) is 6.78. The summed E-state index contributed by atoms with van der Waals surface area (Å²) < 4.78 is 37.8. The second-order valence-electron chi connectivity index (χ2n) is 2.93. The van der Waals surface area contributed by atoms with E-state index in [1.165, 1.54) is 6.07 Å². The maximum Gasteiger partial charge on any atom is 0.247 e. The summed E-state index contributed by atoms with van der Waals surface area (Å²) in [6.07, 6.45) is 0. The number of hydrogen-bond acceptors (Lipinski definition) is 2. The van der Waals surface area contributed by atoms with Crippen LogP contribution in [0.1, 0.15) is 9.75 Å². The van der Waals surface area contributed by atoms with Gasteiger partial charge in [0.1, 0.15) is 4.21 Å². The highest BCUT2D eigenvalue weighted by atomic mass is 32.3. The molecule has 2 rings (SSSR count). The molecule has 0 atom stereocenters. The lowest BCUT2D eigenvalue weighted by molar-refractivity contribution is 0.638. The largest absolute Gasteiger partial charge is 0.247 e. The average molecular weight is 256 g/mol. The molecule has 0 fully saturated rings. The van der Waals surface area contributed by atoms with E-state index < -0.39 is 15.4 Å². The standard InChI is InChI=1S/C8H7F3S3/c1-4-6-3-7(14(9,10)11)13-8(6)5(2)12-4/h3H,1-2H3. The van der Waals surface area contributed by atoms with E-state index in [0.717, 1.165) is 31.2 Å². The van der Waals surface area contributed by atoms with Gasteiger partial charge in [0.2, 0.25) is 11.2 Å². The molecule has 0 radical (unpaired) electrons. The van der Waals surface area contributed by atoms with E-state index in [9.17, 15) is 11.7 Å². The molecule has 14 heavy (non-hydrogen) atoms. The van der Waals surface area contributed by atoms with Gasteiger partial charge < -0.3 is 0 Å². The molecule has 0 amide bonds. The maximum atomic E-state index is 12.5. The molecule has 6 heteroatoms. The van der Waals surface area contributed by atoms with E-state index in [-0.39, 0.29) is 0 Å². The second-order valence-corrected chi connectivity index (χ2v) is 6.92. The smallest absolute Gasteiger partial charge is 0.144 e. The van der Waals surface area contributed by atoms with Crippen LogP contribution in [0, 0.1) is 13.8 Å². The average Bonchev–Trinajstić information content (AvgIpc) is 2.53. The molecule has 2 aromatic heterocycles. The molecule has 0 N–H and O–H groups in total. The van der Waals surface area contributed by atoms with Crippen LogP contribution in [0.5, 0.6) is 0 Å². The Labute approximate surface area is 89.6 Å². The Balaban J connectivity index is 2.69. The van der Waals surface area contributed by atoms with Gasteiger partial charge in [-0.1, -0.05) is 0 Å². The summed E-state index contributed by atoms with van der Waals surface area (Å²) in [5, 5.41) is 0.775. The maximum absolute atomic E-state index is 12.5. The van der Waals surface area contributed by atoms with Crippen molar-refractivity contribution in [1.82, 2.24) is 0 Å². The first-order chi connectivity index (χ1) is 6.39. The van der Waals surface area contributed by atoms with Crippen molar-refractivity contribution < 1.29 is 11.7 Å². The molecule has 0 saturated carbocycles. The highest BCUT2D eigenvalue weighted by Gasteiger charge is 2.28. The van der Waals surface area contributed by atoms with E-state index in [1.54, 1.807) is 11.3 Å². The van der Waals surface area contributed by atoms with Crippen LogP contribution in [-0.4, -0.2) is 0 Å². The molecular formula is C8H7F3S3. The Morgan fingerprint density at radius 1 is 1.07 bits per heavy atom. The van der Waals surface area contributed by atoms with E-state index in [1.807, 2.05) is 13.8 Å². The zero-order valence-electron chi connectivity index (χ0n) is 7.44. The SMILES string of the molecule is Cc1sc(C)c2sc(S(F)(F)F)cc12. The number of fused-ring (bicyclic) bond motifs is 1. The molecule has 0 nitrogen and oxygen atoms in total. The Bertz CT molecular complexity index is 443. The predicted octanol–water partition coefficient (Wildman–Crippen LogP) is 5.40. The van der Waals surface area contributed by atoms with Crippen LogP contribution in [0.3, 0.4) is 0 Å². The Morgan fingerprint density at radius 2 is 1.71 bits per heavy atom. The molecule has 0 unspecified atom stereocenters. The van der Waals surface area contributed by atoms with Gasteiger partial charge in [0.25, 0.3) is 0 Å². The third kappa shape index (κ3) is 1.55. The summed E-state index contributed by atoms with van der Waals surface area (Å²) in [4.78, 5) is 1.96. The molecule has 78 valence electrons. The van der Waals surface area contributed by atoms with Gasteiger partial charge in [0.15, 0.2) is 0 Å². The number of hydrogen-bond donors (Lipinski definition) is 0.